The highest BCUT2D eigenvalue weighted by Gasteiger charge is 2.27. The highest BCUT2D eigenvalue weighted by molar-refractivity contribution is 5.65. The van der Waals surface area contributed by atoms with Gasteiger partial charge in [0.1, 0.15) is 17.5 Å². The molecule has 1 aliphatic carbocycles. The molecule has 1 saturated heterocycles. The second kappa shape index (κ2) is 4.52. The molecule has 18 heavy (non-hydrogen) atoms. The summed E-state index contributed by atoms with van der Waals surface area (Å²) < 4.78 is 1.90. The van der Waals surface area contributed by atoms with E-state index in [4.69, 9.17) is 5.73 Å². The number of nitrogen functional groups attached to an aromatic ring is 1. The molecule has 5 nitrogen and oxygen atoms in total. The largest absolute Gasteiger partial charge is 0.383 e. The molecule has 0 aromatic carbocycles. The highest BCUT2D eigenvalue weighted by Crippen LogP contribution is 2.35. The van der Waals surface area contributed by atoms with Gasteiger partial charge in [-0.1, -0.05) is 12.8 Å². The number of hydrogen-bond donors (Lipinski definition) is 1. The Bertz CT molecular complexity index is 472. The molecule has 0 spiro atoms. The molecule has 1 saturated carbocycles. The number of rotatable bonds is 2. The van der Waals surface area contributed by atoms with E-state index in [1.807, 2.05) is 4.68 Å². The Morgan fingerprint density at radius 1 is 1.17 bits per heavy atom. The van der Waals surface area contributed by atoms with Crippen molar-refractivity contribution in [2.75, 3.05) is 23.7 Å². The van der Waals surface area contributed by atoms with Crippen LogP contribution in [0.3, 0.4) is 0 Å². The SMILES string of the molecule is N#Cc1c(N2CCCC2)nn(C2CCCC2)c1N. The Labute approximate surface area is 107 Å². The van der Waals surface area contributed by atoms with Gasteiger partial charge in [0.15, 0.2) is 5.82 Å². The van der Waals surface area contributed by atoms with Crippen LogP contribution in [-0.4, -0.2) is 22.9 Å². The van der Waals surface area contributed by atoms with Crippen molar-refractivity contribution in [3.8, 4) is 6.07 Å². The number of hydrogen-bond acceptors (Lipinski definition) is 4. The van der Waals surface area contributed by atoms with Gasteiger partial charge in [0.05, 0.1) is 6.04 Å². The van der Waals surface area contributed by atoms with Gasteiger partial charge in [-0.05, 0) is 25.7 Å². The minimum absolute atomic E-state index is 0.397. The number of nitrogens with two attached hydrogens (primary N) is 1. The molecule has 5 heteroatoms. The summed E-state index contributed by atoms with van der Waals surface area (Å²) in [6.45, 7) is 1.99. The van der Waals surface area contributed by atoms with Crippen molar-refractivity contribution in [1.29, 1.82) is 5.26 Å². The van der Waals surface area contributed by atoms with Crippen LogP contribution in [0.4, 0.5) is 11.6 Å². The van der Waals surface area contributed by atoms with E-state index in [0.29, 0.717) is 17.4 Å². The van der Waals surface area contributed by atoms with Crippen molar-refractivity contribution >= 4 is 11.6 Å². The molecule has 2 N–H and O–H groups in total. The summed E-state index contributed by atoms with van der Waals surface area (Å²) in [5, 5.41) is 13.9. The van der Waals surface area contributed by atoms with Gasteiger partial charge in [-0.2, -0.15) is 10.4 Å². The highest BCUT2D eigenvalue weighted by atomic mass is 15.4. The fourth-order valence-corrected chi connectivity index (χ4v) is 3.12. The van der Waals surface area contributed by atoms with Crippen molar-refractivity contribution < 1.29 is 0 Å². The van der Waals surface area contributed by atoms with E-state index in [1.165, 1.54) is 25.7 Å². The molecule has 1 aliphatic heterocycles. The van der Waals surface area contributed by atoms with Gasteiger partial charge in [0, 0.05) is 13.1 Å². The van der Waals surface area contributed by atoms with E-state index in [0.717, 1.165) is 31.7 Å². The summed E-state index contributed by atoms with van der Waals surface area (Å²) in [4.78, 5) is 2.19. The van der Waals surface area contributed by atoms with Gasteiger partial charge in [0.2, 0.25) is 0 Å². The molecule has 0 bridgehead atoms. The number of aromatic nitrogens is 2. The summed E-state index contributed by atoms with van der Waals surface area (Å²) in [5.74, 6) is 1.37. The number of nitrogens with zero attached hydrogens (tertiary/aromatic N) is 4. The fourth-order valence-electron chi connectivity index (χ4n) is 3.12. The second-order valence-electron chi connectivity index (χ2n) is 5.27. The molecular formula is C13H19N5. The van der Waals surface area contributed by atoms with Gasteiger partial charge < -0.3 is 10.6 Å². The third-order valence-electron chi connectivity index (χ3n) is 4.12. The Morgan fingerprint density at radius 3 is 2.44 bits per heavy atom. The Hall–Kier alpha value is -1.70. The molecule has 2 fully saturated rings. The van der Waals surface area contributed by atoms with Crippen molar-refractivity contribution in [2.24, 2.45) is 0 Å². The molecule has 96 valence electrons. The third-order valence-corrected chi connectivity index (χ3v) is 4.12. The van der Waals surface area contributed by atoms with Crippen LogP contribution in [-0.2, 0) is 0 Å². The molecule has 1 aromatic heterocycles. The van der Waals surface area contributed by atoms with E-state index in [1.54, 1.807) is 0 Å². The lowest BCUT2D eigenvalue weighted by Crippen LogP contribution is -2.19. The monoisotopic (exact) mass is 245 g/mol. The van der Waals surface area contributed by atoms with Crippen molar-refractivity contribution in [1.82, 2.24) is 9.78 Å². The predicted molar refractivity (Wildman–Crippen MR) is 70.3 cm³/mol. The summed E-state index contributed by atoms with van der Waals surface area (Å²) in [5.41, 5.74) is 6.69. The van der Waals surface area contributed by atoms with Crippen LogP contribution < -0.4 is 10.6 Å². The predicted octanol–water partition coefficient (Wildman–Crippen LogP) is 2.05. The fraction of sp³-hybridized carbons (Fsp3) is 0.692. The van der Waals surface area contributed by atoms with E-state index >= 15 is 0 Å². The van der Waals surface area contributed by atoms with Gasteiger partial charge in [-0.25, -0.2) is 4.68 Å². The maximum atomic E-state index is 9.31. The van der Waals surface area contributed by atoms with Crippen molar-refractivity contribution in [2.45, 2.75) is 44.6 Å². The summed E-state index contributed by atoms with van der Waals surface area (Å²) in [6, 6.07) is 2.63. The van der Waals surface area contributed by atoms with Crippen LogP contribution in [0.25, 0.3) is 0 Å². The maximum absolute atomic E-state index is 9.31. The molecule has 1 aromatic rings. The molecule has 0 unspecified atom stereocenters. The van der Waals surface area contributed by atoms with Crippen LogP contribution >= 0.6 is 0 Å². The van der Waals surface area contributed by atoms with Gasteiger partial charge in [-0.3, -0.25) is 0 Å². The standard InChI is InChI=1S/C13H19N5/c14-9-11-12(15)18(10-5-1-2-6-10)16-13(11)17-7-3-4-8-17/h10H,1-8,15H2. The number of nitriles is 1. The first-order chi connectivity index (χ1) is 8.81. The molecule has 2 aliphatic rings. The van der Waals surface area contributed by atoms with E-state index < -0.39 is 0 Å². The molecule has 3 rings (SSSR count). The Balaban J connectivity index is 1.98. The van der Waals surface area contributed by atoms with E-state index in [9.17, 15) is 5.26 Å². The Kier molecular flexibility index (Phi) is 2.86. The van der Waals surface area contributed by atoms with E-state index in [-0.39, 0.29) is 0 Å². The lowest BCUT2D eigenvalue weighted by Gasteiger charge is -2.14. The van der Waals surface area contributed by atoms with Crippen LogP contribution in [0.1, 0.15) is 50.1 Å². The first-order valence-corrected chi connectivity index (χ1v) is 6.84. The van der Waals surface area contributed by atoms with Crippen LogP contribution in [0.15, 0.2) is 0 Å². The minimum Gasteiger partial charge on any atom is -0.383 e. The minimum atomic E-state index is 0.397. The number of anilines is 2. The first kappa shape index (κ1) is 11.4. The zero-order valence-corrected chi connectivity index (χ0v) is 10.6. The van der Waals surface area contributed by atoms with Crippen LogP contribution in [0.2, 0.25) is 0 Å². The average Bonchev–Trinajstić information content (AvgIpc) is 3.09. The van der Waals surface area contributed by atoms with Gasteiger partial charge >= 0.3 is 0 Å². The smallest absolute Gasteiger partial charge is 0.170 e. The molecule has 0 radical (unpaired) electrons. The lowest BCUT2D eigenvalue weighted by molar-refractivity contribution is 0.473. The summed E-state index contributed by atoms with van der Waals surface area (Å²) in [6.07, 6.45) is 7.12. The molecule has 0 amide bonds. The van der Waals surface area contributed by atoms with Gasteiger partial charge in [0.25, 0.3) is 0 Å². The molecule has 2 heterocycles. The second-order valence-corrected chi connectivity index (χ2v) is 5.27. The Morgan fingerprint density at radius 2 is 1.83 bits per heavy atom. The quantitative estimate of drug-likeness (QED) is 0.865. The zero-order valence-electron chi connectivity index (χ0n) is 10.6. The van der Waals surface area contributed by atoms with Crippen LogP contribution in [0, 0.1) is 11.3 Å². The topological polar surface area (TPSA) is 70.9 Å². The average molecular weight is 245 g/mol. The maximum Gasteiger partial charge on any atom is 0.170 e. The van der Waals surface area contributed by atoms with Crippen LogP contribution in [0.5, 0.6) is 0 Å². The van der Waals surface area contributed by atoms with E-state index in [2.05, 4.69) is 16.1 Å². The summed E-state index contributed by atoms with van der Waals surface area (Å²) >= 11 is 0. The van der Waals surface area contributed by atoms with Crippen molar-refractivity contribution in [3.63, 3.8) is 0 Å². The van der Waals surface area contributed by atoms with Gasteiger partial charge in [-0.15, -0.1) is 0 Å². The zero-order chi connectivity index (χ0) is 12.5. The van der Waals surface area contributed by atoms with Crippen molar-refractivity contribution in [3.05, 3.63) is 5.56 Å². The first-order valence-electron chi connectivity index (χ1n) is 6.84. The molecule has 0 atom stereocenters. The third kappa shape index (κ3) is 1.72. The normalized spacial score (nSPS) is 20.5. The summed E-state index contributed by atoms with van der Waals surface area (Å²) in [7, 11) is 0. The molecular weight excluding hydrogens is 226 g/mol. The lowest BCUT2D eigenvalue weighted by atomic mass is 10.2.